The van der Waals surface area contributed by atoms with Gasteiger partial charge in [0.15, 0.2) is 17.6 Å². The van der Waals surface area contributed by atoms with E-state index >= 15 is 0 Å². The van der Waals surface area contributed by atoms with Gasteiger partial charge in [-0.2, -0.15) is 0 Å². The lowest BCUT2D eigenvalue weighted by Gasteiger charge is -2.10. The minimum Gasteiger partial charge on any atom is -0.454 e. The van der Waals surface area contributed by atoms with Gasteiger partial charge in [0, 0.05) is 5.56 Å². The van der Waals surface area contributed by atoms with Crippen LogP contribution in [0.1, 0.15) is 11.7 Å². The van der Waals surface area contributed by atoms with Gasteiger partial charge in [0.05, 0.1) is 5.03 Å². The zero-order chi connectivity index (χ0) is 12.0. The van der Waals surface area contributed by atoms with Crippen LogP contribution in [0.15, 0.2) is 28.3 Å². The Morgan fingerprint density at radius 1 is 1.18 bits per heavy atom. The van der Waals surface area contributed by atoms with E-state index < -0.39 is 12.1 Å². The number of ether oxygens (including phenoxy) is 3. The Bertz CT molecular complexity index is 538. The van der Waals surface area contributed by atoms with Crippen molar-refractivity contribution >= 4 is 29.2 Å². The molecule has 2 heterocycles. The molecule has 0 bridgehead atoms. The van der Waals surface area contributed by atoms with Crippen LogP contribution < -0.4 is 9.47 Å². The van der Waals surface area contributed by atoms with Crippen molar-refractivity contribution in [1.29, 1.82) is 0 Å². The first-order chi connectivity index (χ1) is 8.16. The lowest BCUT2D eigenvalue weighted by molar-refractivity contribution is -0.139. The van der Waals surface area contributed by atoms with E-state index in [4.69, 9.17) is 37.4 Å². The molecule has 17 heavy (non-hydrogen) atoms. The summed E-state index contributed by atoms with van der Waals surface area (Å²) >= 11 is 11.6. The molecule has 0 unspecified atom stereocenters. The molecule has 0 amide bonds. The molecule has 88 valence electrons. The average Bonchev–Trinajstić information content (AvgIpc) is 2.89. The van der Waals surface area contributed by atoms with Crippen molar-refractivity contribution in [3.8, 4) is 11.5 Å². The highest BCUT2D eigenvalue weighted by atomic mass is 35.5. The summed E-state index contributed by atoms with van der Waals surface area (Å²) in [7, 11) is 0. The molecule has 0 fully saturated rings. The van der Waals surface area contributed by atoms with Crippen LogP contribution in [0, 0.1) is 0 Å². The van der Waals surface area contributed by atoms with Crippen molar-refractivity contribution in [3.05, 3.63) is 33.8 Å². The Morgan fingerprint density at radius 3 is 2.65 bits per heavy atom. The highest BCUT2D eigenvalue weighted by molar-refractivity contribution is 6.48. The second kappa shape index (κ2) is 3.82. The fourth-order valence-electron chi connectivity index (χ4n) is 1.71. The van der Waals surface area contributed by atoms with E-state index in [1.54, 1.807) is 18.2 Å². The van der Waals surface area contributed by atoms with Gasteiger partial charge in [0.2, 0.25) is 6.79 Å². The number of cyclic esters (lactones) is 1. The van der Waals surface area contributed by atoms with Gasteiger partial charge >= 0.3 is 5.97 Å². The fourth-order valence-corrected chi connectivity index (χ4v) is 2.11. The number of esters is 1. The van der Waals surface area contributed by atoms with E-state index in [0.29, 0.717) is 17.1 Å². The van der Waals surface area contributed by atoms with Gasteiger partial charge in [-0.3, -0.25) is 0 Å². The molecule has 0 radical (unpaired) electrons. The minimum atomic E-state index is -0.661. The van der Waals surface area contributed by atoms with Crippen molar-refractivity contribution in [2.75, 3.05) is 6.79 Å². The molecule has 0 N–H and O–H groups in total. The molecule has 0 aliphatic carbocycles. The molecule has 0 spiro atoms. The van der Waals surface area contributed by atoms with Gasteiger partial charge < -0.3 is 14.2 Å². The summed E-state index contributed by atoms with van der Waals surface area (Å²) in [6, 6.07) is 5.21. The van der Waals surface area contributed by atoms with E-state index in [1.807, 2.05) is 0 Å². The van der Waals surface area contributed by atoms with Crippen LogP contribution in [0.3, 0.4) is 0 Å². The second-order valence-electron chi connectivity index (χ2n) is 3.56. The van der Waals surface area contributed by atoms with Crippen LogP contribution in [0.4, 0.5) is 0 Å². The van der Waals surface area contributed by atoms with Crippen LogP contribution in [0.5, 0.6) is 11.5 Å². The molecule has 3 rings (SSSR count). The standard InChI is InChI=1S/C11H6Cl2O4/c12-8-9(13)11(14)17-10(8)5-1-2-6-7(3-5)16-4-15-6/h1-3,10H,4H2/t10-/m1/s1. The second-order valence-corrected chi connectivity index (χ2v) is 4.35. The quantitative estimate of drug-likeness (QED) is 0.738. The Balaban J connectivity index is 1.99. The highest BCUT2D eigenvalue weighted by Crippen LogP contribution is 2.42. The van der Waals surface area contributed by atoms with Crippen molar-refractivity contribution in [3.63, 3.8) is 0 Å². The number of halogens is 2. The van der Waals surface area contributed by atoms with Crippen molar-refractivity contribution in [1.82, 2.24) is 0 Å². The first-order valence-corrected chi connectivity index (χ1v) is 5.58. The number of carbonyl (C=O) groups excluding carboxylic acids is 1. The smallest absolute Gasteiger partial charge is 0.352 e. The van der Waals surface area contributed by atoms with E-state index in [2.05, 4.69) is 0 Å². The SMILES string of the molecule is O=C1O[C@H](c2ccc3c(c2)OCO3)C(Cl)=C1Cl. The number of benzene rings is 1. The Labute approximate surface area is 107 Å². The maximum atomic E-state index is 11.2. The molecular weight excluding hydrogens is 267 g/mol. The van der Waals surface area contributed by atoms with Gasteiger partial charge in [-0.1, -0.05) is 29.3 Å². The highest BCUT2D eigenvalue weighted by Gasteiger charge is 2.34. The normalized spacial score (nSPS) is 22.0. The predicted octanol–water partition coefficient (Wildman–Crippen LogP) is 2.70. The lowest BCUT2D eigenvalue weighted by atomic mass is 10.1. The minimum absolute atomic E-state index is 0.0747. The third kappa shape index (κ3) is 1.64. The van der Waals surface area contributed by atoms with E-state index in [9.17, 15) is 4.79 Å². The third-order valence-corrected chi connectivity index (χ3v) is 3.39. The van der Waals surface area contributed by atoms with Crippen molar-refractivity contribution in [2.24, 2.45) is 0 Å². The topological polar surface area (TPSA) is 44.8 Å². The molecular formula is C11H6Cl2O4. The van der Waals surface area contributed by atoms with Crippen LogP contribution >= 0.6 is 23.2 Å². The zero-order valence-electron chi connectivity index (χ0n) is 8.41. The van der Waals surface area contributed by atoms with Gasteiger partial charge in [-0.05, 0) is 12.1 Å². The first-order valence-electron chi connectivity index (χ1n) is 4.82. The molecule has 1 atom stereocenters. The van der Waals surface area contributed by atoms with E-state index in [0.717, 1.165) is 0 Å². The van der Waals surface area contributed by atoms with Crippen molar-refractivity contribution < 1.29 is 19.0 Å². The third-order valence-electron chi connectivity index (χ3n) is 2.54. The summed E-state index contributed by atoms with van der Waals surface area (Å²) in [6.45, 7) is 0.188. The van der Waals surface area contributed by atoms with Crippen LogP contribution in [-0.2, 0) is 9.53 Å². The number of hydrogen-bond donors (Lipinski definition) is 0. The maximum absolute atomic E-state index is 11.2. The summed E-state index contributed by atoms with van der Waals surface area (Å²) in [5, 5.41) is 0.116. The van der Waals surface area contributed by atoms with Crippen LogP contribution in [-0.4, -0.2) is 12.8 Å². The molecule has 0 saturated carbocycles. The van der Waals surface area contributed by atoms with Gasteiger partial charge in [-0.25, -0.2) is 4.79 Å². The molecule has 0 aromatic heterocycles. The Hall–Kier alpha value is -1.39. The molecule has 2 aliphatic heterocycles. The predicted molar refractivity (Wildman–Crippen MR) is 60.1 cm³/mol. The summed E-state index contributed by atoms with van der Waals surface area (Å²) in [4.78, 5) is 11.2. The summed E-state index contributed by atoms with van der Waals surface area (Å²) in [5.74, 6) is 0.648. The largest absolute Gasteiger partial charge is 0.454 e. The number of fused-ring (bicyclic) bond motifs is 1. The first kappa shape index (κ1) is 10.7. The molecule has 1 aromatic carbocycles. The zero-order valence-corrected chi connectivity index (χ0v) is 9.92. The van der Waals surface area contributed by atoms with E-state index in [-0.39, 0.29) is 16.9 Å². The van der Waals surface area contributed by atoms with Gasteiger partial charge in [-0.15, -0.1) is 0 Å². The summed E-state index contributed by atoms with van der Waals surface area (Å²) in [5.41, 5.74) is 0.697. The molecule has 6 heteroatoms. The molecule has 0 saturated heterocycles. The molecule has 4 nitrogen and oxygen atoms in total. The fraction of sp³-hybridized carbons (Fsp3) is 0.182. The van der Waals surface area contributed by atoms with Gasteiger partial charge in [0.1, 0.15) is 5.03 Å². The Morgan fingerprint density at radius 2 is 1.94 bits per heavy atom. The van der Waals surface area contributed by atoms with Crippen LogP contribution in [0.2, 0.25) is 0 Å². The lowest BCUT2D eigenvalue weighted by Crippen LogP contribution is -2.01. The maximum Gasteiger partial charge on any atom is 0.352 e. The average molecular weight is 273 g/mol. The monoisotopic (exact) mass is 272 g/mol. The van der Waals surface area contributed by atoms with E-state index in [1.165, 1.54) is 0 Å². The number of rotatable bonds is 1. The number of hydrogen-bond acceptors (Lipinski definition) is 4. The molecule has 2 aliphatic rings. The van der Waals surface area contributed by atoms with Crippen molar-refractivity contribution in [2.45, 2.75) is 6.10 Å². The number of carbonyl (C=O) groups is 1. The summed E-state index contributed by atoms with van der Waals surface area (Å²) in [6.07, 6.45) is -0.661. The summed E-state index contributed by atoms with van der Waals surface area (Å²) < 4.78 is 15.5. The molecule has 1 aromatic rings. The Kier molecular flexibility index (Phi) is 2.42. The van der Waals surface area contributed by atoms with Crippen LogP contribution in [0.25, 0.3) is 0 Å². The van der Waals surface area contributed by atoms with Gasteiger partial charge in [0.25, 0.3) is 0 Å².